The van der Waals surface area contributed by atoms with E-state index in [1.54, 1.807) is 36.1 Å². The monoisotopic (exact) mass is 420 g/mol. The molecule has 8 heteroatoms. The minimum Gasteiger partial charge on any atom is -0.462 e. The van der Waals surface area contributed by atoms with Crippen molar-refractivity contribution in [1.29, 1.82) is 0 Å². The zero-order valence-corrected chi connectivity index (χ0v) is 17.3. The van der Waals surface area contributed by atoms with E-state index in [2.05, 4.69) is 15.5 Å². The Bertz CT molecular complexity index is 1100. The van der Waals surface area contributed by atoms with Crippen LogP contribution < -0.4 is 5.32 Å². The third-order valence-electron chi connectivity index (χ3n) is 5.49. The zero-order valence-electron chi connectivity index (χ0n) is 17.3. The van der Waals surface area contributed by atoms with Crippen LogP contribution in [0.15, 0.2) is 48.5 Å². The third-order valence-corrected chi connectivity index (χ3v) is 5.49. The molecule has 0 spiro atoms. The molecule has 2 aromatic carbocycles. The lowest BCUT2D eigenvalue weighted by atomic mass is 9.95. The van der Waals surface area contributed by atoms with Crippen LogP contribution in [-0.4, -0.2) is 52.6 Å². The summed E-state index contributed by atoms with van der Waals surface area (Å²) >= 11 is 0. The Balaban J connectivity index is 1.32. The highest BCUT2D eigenvalue weighted by Gasteiger charge is 2.29. The second-order valence-electron chi connectivity index (χ2n) is 7.47. The summed E-state index contributed by atoms with van der Waals surface area (Å²) in [6, 6.07) is 14.2. The van der Waals surface area contributed by atoms with Crippen molar-refractivity contribution in [1.82, 2.24) is 15.1 Å². The minimum absolute atomic E-state index is 0.0822. The van der Waals surface area contributed by atoms with E-state index < -0.39 is 0 Å². The number of fused-ring (bicyclic) bond motifs is 1. The minimum atomic E-state index is -0.387. The lowest BCUT2D eigenvalue weighted by Crippen LogP contribution is -2.41. The number of H-pyrrole nitrogens is 1. The van der Waals surface area contributed by atoms with Crippen LogP contribution >= 0.6 is 0 Å². The maximum Gasteiger partial charge on any atom is 0.338 e. The highest BCUT2D eigenvalue weighted by molar-refractivity contribution is 6.04. The molecular formula is C23H24N4O4. The van der Waals surface area contributed by atoms with E-state index in [4.69, 9.17) is 4.74 Å². The second-order valence-corrected chi connectivity index (χ2v) is 7.47. The molecule has 1 saturated heterocycles. The smallest absolute Gasteiger partial charge is 0.338 e. The van der Waals surface area contributed by atoms with Gasteiger partial charge in [-0.2, -0.15) is 5.10 Å². The topological polar surface area (TPSA) is 104 Å². The number of nitrogens with zero attached hydrogens (tertiary/aromatic N) is 2. The lowest BCUT2D eigenvalue weighted by molar-refractivity contribution is -0.121. The van der Waals surface area contributed by atoms with Gasteiger partial charge in [-0.1, -0.05) is 18.2 Å². The Morgan fingerprint density at radius 1 is 1.10 bits per heavy atom. The summed E-state index contributed by atoms with van der Waals surface area (Å²) in [4.78, 5) is 39.0. The number of nitrogens with one attached hydrogen (secondary N) is 2. The van der Waals surface area contributed by atoms with Gasteiger partial charge in [-0.05, 0) is 50.1 Å². The summed E-state index contributed by atoms with van der Waals surface area (Å²) in [7, 11) is 0. The summed E-state index contributed by atoms with van der Waals surface area (Å²) in [5.41, 5.74) is 2.31. The van der Waals surface area contributed by atoms with Gasteiger partial charge < -0.3 is 15.0 Å². The summed E-state index contributed by atoms with van der Waals surface area (Å²) in [5, 5.41) is 10.8. The van der Waals surface area contributed by atoms with Crippen LogP contribution in [0.1, 0.15) is 40.6 Å². The molecule has 2 N–H and O–H groups in total. The van der Waals surface area contributed by atoms with Gasteiger partial charge in [0, 0.05) is 30.1 Å². The normalized spacial score (nSPS) is 14.4. The zero-order chi connectivity index (χ0) is 21.8. The number of ether oxygens (including phenoxy) is 1. The Labute approximate surface area is 179 Å². The summed E-state index contributed by atoms with van der Waals surface area (Å²) in [6.07, 6.45) is 1.17. The van der Waals surface area contributed by atoms with Crippen LogP contribution in [-0.2, 0) is 9.53 Å². The predicted octanol–water partition coefficient (Wildman–Crippen LogP) is 3.23. The fraction of sp³-hybridized carbons (Fsp3) is 0.304. The van der Waals surface area contributed by atoms with Crippen LogP contribution in [0.3, 0.4) is 0 Å². The molecule has 31 heavy (non-hydrogen) atoms. The molecule has 0 saturated carbocycles. The molecule has 0 radical (unpaired) electrons. The van der Waals surface area contributed by atoms with Crippen LogP contribution in [0.25, 0.3) is 10.9 Å². The fourth-order valence-corrected chi connectivity index (χ4v) is 3.77. The SMILES string of the molecule is CCOC(=O)c1ccc(NC(=O)C2CCN(C(=O)c3n[nH]c4ccccc34)CC2)cc1. The van der Waals surface area contributed by atoms with Crippen LogP contribution in [0.4, 0.5) is 5.69 Å². The molecule has 0 unspecified atom stereocenters. The van der Waals surface area contributed by atoms with Crippen LogP contribution in [0, 0.1) is 5.92 Å². The number of rotatable bonds is 5. The van der Waals surface area contributed by atoms with Crippen molar-refractivity contribution in [2.24, 2.45) is 5.92 Å². The molecular weight excluding hydrogens is 396 g/mol. The molecule has 0 bridgehead atoms. The first-order valence-corrected chi connectivity index (χ1v) is 10.4. The van der Waals surface area contributed by atoms with E-state index in [1.807, 2.05) is 24.3 Å². The van der Waals surface area contributed by atoms with Crippen LogP contribution in [0.2, 0.25) is 0 Å². The number of piperidine rings is 1. The number of anilines is 1. The number of aromatic nitrogens is 2. The number of para-hydroxylation sites is 1. The van der Waals surface area contributed by atoms with Gasteiger partial charge in [-0.15, -0.1) is 0 Å². The average Bonchev–Trinajstić information content (AvgIpc) is 3.23. The number of benzene rings is 2. The first-order valence-electron chi connectivity index (χ1n) is 10.4. The maximum atomic E-state index is 12.9. The third kappa shape index (κ3) is 4.42. The molecule has 3 aromatic rings. The first kappa shape index (κ1) is 20.6. The maximum absolute atomic E-state index is 12.9. The van der Waals surface area contributed by atoms with Gasteiger partial charge in [-0.25, -0.2) is 4.79 Å². The molecule has 160 valence electrons. The van der Waals surface area contributed by atoms with Crippen molar-refractivity contribution in [2.45, 2.75) is 19.8 Å². The Morgan fingerprint density at radius 3 is 2.52 bits per heavy atom. The van der Waals surface area contributed by atoms with Gasteiger partial charge in [-0.3, -0.25) is 14.7 Å². The molecule has 2 amide bonds. The van der Waals surface area contributed by atoms with Gasteiger partial charge in [0.25, 0.3) is 5.91 Å². The number of carbonyl (C=O) groups is 3. The number of hydrogen-bond acceptors (Lipinski definition) is 5. The summed E-state index contributed by atoms with van der Waals surface area (Å²) < 4.78 is 4.96. The van der Waals surface area contributed by atoms with Gasteiger partial charge in [0.15, 0.2) is 5.69 Å². The Kier molecular flexibility index (Phi) is 5.97. The van der Waals surface area contributed by atoms with Crippen molar-refractivity contribution < 1.29 is 19.1 Å². The molecule has 0 atom stereocenters. The largest absolute Gasteiger partial charge is 0.462 e. The van der Waals surface area contributed by atoms with E-state index >= 15 is 0 Å². The first-order chi connectivity index (χ1) is 15.1. The second kappa shape index (κ2) is 8.99. The Morgan fingerprint density at radius 2 is 1.81 bits per heavy atom. The van der Waals surface area contributed by atoms with E-state index in [-0.39, 0.29) is 23.7 Å². The highest BCUT2D eigenvalue weighted by atomic mass is 16.5. The number of amides is 2. The predicted molar refractivity (Wildman–Crippen MR) is 116 cm³/mol. The number of esters is 1. The molecule has 1 aliphatic rings. The molecule has 0 aliphatic carbocycles. The number of carbonyl (C=O) groups excluding carboxylic acids is 3. The number of aromatic amines is 1. The number of likely N-dealkylation sites (tertiary alicyclic amines) is 1. The molecule has 4 rings (SSSR count). The molecule has 1 aromatic heterocycles. The summed E-state index contributed by atoms with van der Waals surface area (Å²) in [6.45, 7) is 3.07. The van der Waals surface area contributed by atoms with E-state index in [9.17, 15) is 14.4 Å². The average molecular weight is 420 g/mol. The summed E-state index contributed by atoms with van der Waals surface area (Å²) in [5.74, 6) is -0.765. The highest BCUT2D eigenvalue weighted by Crippen LogP contribution is 2.23. The van der Waals surface area contributed by atoms with Gasteiger partial charge in [0.1, 0.15) is 0 Å². The molecule has 1 aliphatic heterocycles. The van der Waals surface area contributed by atoms with Crippen molar-refractivity contribution >= 4 is 34.4 Å². The quantitative estimate of drug-likeness (QED) is 0.617. The van der Waals surface area contributed by atoms with E-state index in [0.717, 1.165) is 10.9 Å². The van der Waals surface area contributed by atoms with Crippen molar-refractivity contribution in [3.63, 3.8) is 0 Å². The number of hydrogen-bond donors (Lipinski definition) is 2. The molecule has 2 heterocycles. The molecule has 8 nitrogen and oxygen atoms in total. The van der Waals surface area contributed by atoms with Gasteiger partial charge in [0.05, 0.1) is 17.7 Å². The molecule has 1 fully saturated rings. The van der Waals surface area contributed by atoms with Gasteiger partial charge >= 0.3 is 5.97 Å². The van der Waals surface area contributed by atoms with Crippen molar-refractivity contribution in [3.8, 4) is 0 Å². The Hall–Kier alpha value is -3.68. The lowest BCUT2D eigenvalue weighted by Gasteiger charge is -2.31. The van der Waals surface area contributed by atoms with Crippen LogP contribution in [0.5, 0.6) is 0 Å². The fourth-order valence-electron chi connectivity index (χ4n) is 3.77. The van der Waals surface area contributed by atoms with Crippen molar-refractivity contribution in [3.05, 3.63) is 59.8 Å². The van der Waals surface area contributed by atoms with E-state index in [1.165, 1.54) is 0 Å². The standard InChI is InChI=1S/C23H24N4O4/c1-2-31-23(30)16-7-9-17(10-8-16)24-21(28)15-11-13-27(14-12-15)22(29)20-18-5-3-4-6-19(18)25-26-20/h3-10,15H,2,11-14H2,1H3,(H,24,28)(H,25,26). The van der Waals surface area contributed by atoms with E-state index in [0.29, 0.717) is 49.5 Å². The van der Waals surface area contributed by atoms with Crippen molar-refractivity contribution in [2.75, 3.05) is 25.0 Å². The van der Waals surface area contributed by atoms with Gasteiger partial charge in [0.2, 0.25) is 5.91 Å².